The first-order chi connectivity index (χ1) is 13.6. The van der Waals surface area contributed by atoms with E-state index in [9.17, 15) is 4.79 Å². The standard InChI is InChI=1S/C22H26N2O4/c1-16-6-4-7-17(2)21(16)27-14-15-28-22-18(8-5-9-19(22)26-3)11-13-24-20(25)10-12-23/h4-9H,10-11,13-15H2,1-3H3,(H,24,25). The molecule has 28 heavy (non-hydrogen) atoms. The van der Waals surface area contributed by atoms with E-state index >= 15 is 0 Å². The first kappa shape index (κ1) is 21.1. The molecule has 1 N–H and O–H groups in total. The van der Waals surface area contributed by atoms with Gasteiger partial charge in [0.15, 0.2) is 11.5 Å². The molecule has 0 saturated heterocycles. The van der Waals surface area contributed by atoms with E-state index in [1.54, 1.807) is 7.11 Å². The van der Waals surface area contributed by atoms with Crippen LogP contribution in [0, 0.1) is 25.2 Å². The van der Waals surface area contributed by atoms with Crippen molar-refractivity contribution in [1.29, 1.82) is 5.26 Å². The Morgan fingerprint density at radius 3 is 2.32 bits per heavy atom. The van der Waals surface area contributed by atoms with E-state index in [4.69, 9.17) is 19.5 Å². The molecule has 6 heteroatoms. The summed E-state index contributed by atoms with van der Waals surface area (Å²) >= 11 is 0. The minimum Gasteiger partial charge on any atom is -0.493 e. The van der Waals surface area contributed by atoms with Gasteiger partial charge in [-0.2, -0.15) is 5.26 Å². The summed E-state index contributed by atoms with van der Waals surface area (Å²) in [5.74, 6) is 1.87. The van der Waals surface area contributed by atoms with Gasteiger partial charge in [0, 0.05) is 6.54 Å². The van der Waals surface area contributed by atoms with E-state index in [1.165, 1.54) is 0 Å². The Hall–Kier alpha value is -3.20. The molecule has 0 aliphatic carbocycles. The van der Waals surface area contributed by atoms with Crippen LogP contribution in [0.5, 0.6) is 17.2 Å². The number of rotatable bonds is 10. The summed E-state index contributed by atoms with van der Waals surface area (Å²) in [6, 6.07) is 13.5. The number of methoxy groups -OCH3 is 1. The van der Waals surface area contributed by atoms with Crippen LogP contribution in [0.2, 0.25) is 0 Å². The summed E-state index contributed by atoms with van der Waals surface area (Å²) in [6.07, 6.45) is 0.429. The summed E-state index contributed by atoms with van der Waals surface area (Å²) in [6.45, 7) is 5.22. The number of benzene rings is 2. The topological polar surface area (TPSA) is 80.6 Å². The second-order valence-electron chi connectivity index (χ2n) is 6.30. The monoisotopic (exact) mass is 382 g/mol. The van der Waals surface area contributed by atoms with Crippen molar-refractivity contribution in [2.24, 2.45) is 0 Å². The van der Waals surface area contributed by atoms with Gasteiger partial charge in [-0.05, 0) is 43.0 Å². The lowest BCUT2D eigenvalue weighted by Gasteiger charge is -2.16. The first-order valence-electron chi connectivity index (χ1n) is 9.18. The third-order valence-corrected chi connectivity index (χ3v) is 4.22. The van der Waals surface area contributed by atoms with Crippen LogP contribution in [0.15, 0.2) is 36.4 Å². The molecule has 1 amide bonds. The molecule has 0 fully saturated rings. The van der Waals surface area contributed by atoms with Crippen molar-refractivity contribution in [3.05, 3.63) is 53.1 Å². The molecule has 0 unspecified atom stereocenters. The third kappa shape index (κ3) is 5.92. The Labute approximate surface area is 166 Å². The molecule has 2 aromatic rings. The van der Waals surface area contributed by atoms with Crippen LogP contribution in [-0.4, -0.2) is 32.8 Å². The zero-order valence-corrected chi connectivity index (χ0v) is 16.6. The van der Waals surface area contributed by atoms with Crippen LogP contribution in [0.1, 0.15) is 23.1 Å². The van der Waals surface area contributed by atoms with Gasteiger partial charge in [0.1, 0.15) is 25.4 Å². The minimum absolute atomic E-state index is 0.142. The van der Waals surface area contributed by atoms with Crippen molar-refractivity contribution >= 4 is 5.91 Å². The molecule has 0 heterocycles. The van der Waals surface area contributed by atoms with Gasteiger partial charge in [-0.3, -0.25) is 4.79 Å². The van der Waals surface area contributed by atoms with Crippen molar-refractivity contribution in [3.8, 4) is 23.3 Å². The van der Waals surface area contributed by atoms with Gasteiger partial charge in [-0.15, -0.1) is 0 Å². The number of ether oxygens (including phenoxy) is 3. The Morgan fingerprint density at radius 2 is 1.68 bits per heavy atom. The number of carbonyl (C=O) groups excluding carboxylic acids is 1. The molecule has 0 aromatic heterocycles. The lowest BCUT2D eigenvalue weighted by Crippen LogP contribution is -2.25. The molecule has 0 radical (unpaired) electrons. The fraction of sp³-hybridized carbons (Fsp3) is 0.364. The Morgan fingerprint density at radius 1 is 1.04 bits per heavy atom. The number of carbonyl (C=O) groups is 1. The fourth-order valence-corrected chi connectivity index (χ4v) is 2.87. The highest BCUT2D eigenvalue weighted by atomic mass is 16.5. The maximum absolute atomic E-state index is 11.4. The second-order valence-corrected chi connectivity index (χ2v) is 6.30. The normalized spacial score (nSPS) is 10.1. The minimum atomic E-state index is -0.283. The van der Waals surface area contributed by atoms with Crippen LogP contribution < -0.4 is 19.5 Å². The molecule has 0 saturated carbocycles. The van der Waals surface area contributed by atoms with Crippen molar-refractivity contribution in [2.75, 3.05) is 26.9 Å². The zero-order chi connectivity index (χ0) is 20.4. The molecule has 0 atom stereocenters. The van der Waals surface area contributed by atoms with Crippen LogP contribution in [-0.2, 0) is 11.2 Å². The Bertz CT molecular complexity index is 823. The van der Waals surface area contributed by atoms with E-state index in [0.29, 0.717) is 37.7 Å². The van der Waals surface area contributed by atoms with Crippen molar-refractivity contribution in [3.63, 3.8) is 0 Å². The Kier molecular flexibility index (Phi) is 8.16. The molecule has 0 spiro atoms. The van der Waals surface area contributed by atoms with Gasteiger partial charge in [0.2, 0.25) is 5.91 Å². The number of hydrogen-bond acceptors (Lipinski definition) is 5. The van der Waals surface area contributed by atoms with Gasteiger partial charge in [0.25, 0.3) is 0 Å². The van der Waals surface area contributed by atoms with E-state index in [1.807, 2.05) is 56.3 Å². The van der Waals surface area contributed by atoms with E-state index in [0.717, 1.165) is 22.4 Å². The number of hydrogen-bond donors (Lipinski definition) is 1. The molecule has 6 nitrogen and oxygen atoms in total. The summed E-state index contributed by atoms with van der Waals surface area (Å²) in [4.78, 5) is 11.4. The number of nitrogens with zero attached hydrogens (tertiary/aromatic N) is 1. The highest BCUT2D eigenvalue weighted by Gasteiger charge is 2.12. The molecule has 148 valence electrons. The molecule has 2 rings (SSSR count). The predicted octanol–water partition coefficient (Wildman–Crippen LogP) is 3.34. The van der Waals surface area contributed by atoms with Crippen LogP contribution in [0.3, 0.4) is 0 Å². The highest BCUT2D eigenvalue weighted by Crippen LogP contribution is 2.31. The summed E-state index contributed by atoms with van der Waals surface area (Å²) < 4.78 is 17.2. The van der Waals surface area contributed by atoms with Gasteiger partial charge in [-0.25, -0.2) is 0 Å². The van der Waals surface area contributed by atoms with Crippen molar-refractivity contribution in [2.45, 2.75) is 26.7 Å². The third-order valence-electron chi connectivity index (χ3n) is 4.22. The van der Waals surface area contributed by atoms with Crippen LogP contribution in [0.25, 0.3) is 0 Å². The fourth-order valence-electron chi connectivity index (χ4n) is 2.87. The summed E-state index contributed by atoms with van der Waals surface area (Å²) in [7, 11) is 1.59. The van der Waals surface area contributed by atoms with Gasteiger partial charge < -0.3 is 19.5 Å². The van der Waals surface area contributed by atoms with Crippen LogP contribution >= 0.6 is 0 Å². The molecular formula is C22H26N2O4. The first-order valence-corrected chi connectivity index (χ1v) is 9.18. The molecule has 0 aliphatic rings. The second kappa shape index (κ2) is 10.8. The van der Waals surface area contributed by atoms with Crippen LogP contribution in [0.4, 0.5) is 0 Å². The van der Waals surface area contributed by atoms with E-state index in [-0.39, 0.29) is 12.3 Å². The average Bonchev–Trinajstić information content (AvgIpc) is 2.67. The van der Waals surface area contributed by atoms with Gasteiger partial charge in [0.05, 0.1) is 13.2 Å². The number of para-hydroxylation sites is 2. The van der Waals surface area contributed by atoms with Gasteiger partial charge >= 0.3 is 0 Å². The largest absolute Gasteiger partial charge is 0.493 e. The van der Waals surface area contributed by atoms with E-state index < -0.39 is 0 Å². The Balaban J connectivity index is 1.95. The number of nitrogens with one attached hydrogen (secondary N) is 1. The average molecular weight is 382 g/mol. The highest BCUT2D eigenvalue weighted by molar-refractivity contribution is 5.77. The maximum Gasteiger partial charge on any atom is 0.234 e. The molecule has 2 aromatic carbocycles. The predicted molar refractivity (Wildman–Crippen MR) is 107 cm³/mol. The van der Waals surface area contributed by atoms with Crippen molar-refractivity contribution < 1.29 is 19.0 Å². The quantitative estimate of drug-likeness (QED) is 0.638. The van der Waals surface area contributed by atoms with Gasteiger partial charge in [-0.1, -0.05) is 30.3 Å². The molecule has 0 bridgehead atoms. The number of amides is 1. The smallest absolute Gasteiger partial charge is 0.234 e. The van der Waals surface area contributed by atoms with E-state index in [2.05, 4.69) is 5.32 Å². The number of aryl methyl sites for hydroxylation is 2. The summed E-state index contributed by atoms with van der Waals surface area (Å²) in [5, 5.41) is 11.3. The number of nitriles is 1. The molecule has 0 aliphatic heterocycles. The maximum atomic E-state index is 11.4. The molecular weight excluding hydrogens is 356 g/mol. The lowest BCUT2D eigenvalue weighted by molar-refractivity contribution is -0.120. The van der Waals surface area contributed by atoms with Crippen molar-refractivity contribution in [1.82, 2.24) is 5.32 Å². The SMILES string of the molecule is COc1cccc(CCNC(=O)CC#N)c1OCCOc1c(C)cccc1C. The lowest BCUT2D eigenvalue weighted by atomic mass is 10.1. The summed E-state index contributed by atoms with van der Waals surface area (Å²) in [5.41, 5.74) is 3.10. The zero-order valence-electron chi connectivity index (χ0n) is 16.6.